The first kappa shape index (κ1) is 13.8. The number of benzene rings is 1. The van der Waals surface area contributed by atoms with Crippen LogP contribution in [0, 0.1) is 6.92 Å². The highest BCUT2D eigenvalue weighted by molar-refractivity contribution is 8.02. The van der Waals surface area contributed by atoms with Gasteiger partial charge < -0.3 is 9.72 Å². The number of rotatable bonds is 3. The molecule has 0 aliphatic carbocycles. The van der Waals surface area contributed by atoms with Crippen molar-refractivity contribution in [2.45, 2.75) is 17.1 Å². The van der Waals surface area contributed by atoms with E-state index in [9.17, 15) is 4.21 Å². The van der Waals surface area contributed by atoms with Gasteiger partial charge in [-0.1, -0.05) is 12.1 Å². The van der Waals surface area contributed by atoms with E-state index in [0.29, 0.717) is 15.9 Å². The number of fused-ring (bicyclic) bond motifs is 1. The van der Waals surface area contributed by atoms with Gasteiger partial charge >= 0.3 is 0 Å². The van der Waals surface area contributed by atoms with Crippen LogP contribution in [0.15, 0.2) is 46.7 Å². The van der Waals surface area contributed by atoms with Crippen LogP contribution >= 0.6 is 0 Å². The Balaban J connectivity index is 2.18. The Labute approximate surface area is 123 Å². The van der Waals surface area contributed by atoms with Crippen molar-refractivity contribution in [3.05, 3.63) is 42.1 Å². The maximum Gasteiger partial charge on any atom is 0.178 e. The fourth-order valence-electron chi connectivity index (χ4n) is 2.40. The summed E-state index contributed by atoms with van der Waals surface area (Å²) in [5.74, 6) is 0.679. The van der Waals surface area contributed by atoms with Crippen molar-refractivity contribution in [1.29, 1.82) is 0 Å². The van der Waals surface area contributed by atoms with Gasteiger partial charge in [0.25, 0.3) is 0 Å². The molecule has 0 bridgehead atoms. The first-order chi connectivity index (χ1) is 10.0. The largest absolute Gasteiger partial charge is 0.496 e. The zero-order valence-electron chi connectivity index (χ0n) is 12.1. The number of thiol groups is 1. The summed E-state index contributed by atoms with van der Waals surface area (Å²) >= 11 is 0. The lowest BCUT2D eigenvalue weighted by atomic mass is 10.3. The van der Waals surface area contributed by atoms with Gasteiger partial charge in [0.15, 0.2) is 5.16 Å². The molecule has 21 heavy (non-hydrogen) atoms. The number of nitrogens with zero attached hydrogens (tertiary/aromatic N) is 2. The van der Waals surface area contributed by atoms with Crippen molar-refractivity contribution in [3.8, 4) is 5.75 Å². The summed E-state index contributed by atoms with van der Waals surface area (Å²) in [5.41, 5.74) is 2.46. The van der Waals surface area contributed by atoms with Crippen molar-refractivity contribution in [3.63, 3.8) is 0 Å². The van der Waals surface area contributed by atoms with Crippen LogP contribution in [0.2, 0.25) is 0 Å². The Kier molecular flexibility index (Phi) is 3.25. The number of methoxy groups -OCH3 is 1. The Hall–Kier alpha value is -2.21. The van der Waals surface area contributed by atoms with E-state index in [-0.39, 0.29) is 0 Å². The molecule has 2 aromatic heterocycles. The van der Waals surface area contributed by atoms with E-state index >= 15 is 0 Å². The van der Waals surface area contributed by atoms with Gasteiger partial charge in [0, 0.05) is 18.0 Å². The van der Waals surface area contributed by atoms with Crippen LogP contribution in [-0.2, 0) is 9.93 Å². The van der Waals surface area contributed by atoms with Crippen LogP contribution in [0.25, 0.3) is 11.0 Å². The summed E-state index contributed by atoms with van der Waals surface area (Å²) in [5, 5.41) is 0.994. The lowest BCUT2D eigenvalue weighted by molar-refractivity contribution is 0.409. The Morgan fingerprint density at radius 3 is 2.71 bits per heavy atom. The number of ether oxygens (including phenoxy) is 1. The molecule has 5 nitrogen and oxygen atoms in total. The molecule has 0 unspecified atom stereocenters. The maximum atomic E-state index is 13.3. The standard InChI is InChI=1S/C15H17N3O2S/c1-10-13(20-2)8-9-16-14(10)21(3,19)15-17-11-6-4-5-7-12(11)18-15/h4-9,21H,1-3H3,(H,17,18). The van der Waals surface area contributed by atoms with Gasteiger partial charge in [0.05, 0.1) is 18.1 Å². The van der Waals surface area contributed by atoms with Crippen molar-refractivity contribution in [2.75, 3.05) is 13.4 Å². The number of para-hydroxylation sites is 2. The fourth-order valence-corrected chi connectivity index (χ4v) is 4.27. The minimum Gasteiger partial charge on any atom is -0.496 e. The molecule has 0 aliphatic rings. The van der Waals surface area contributed by atoms with Crippen molar-refractivity contribution in [2.24, 2.45) is 0 Å². The first-order valence-electron chi connectivity index (χ1n) is 6.57. The van der Waals surface area contributed by atoms with Gasteiger partial charge in [-0.05, 0) is 35.1 Å². The lowest BCUT2D eigenvalue weighted by Crippen LogP contribution is -2.16. The molecule has 0 fully saturated rings. The first-order valence-corrected chi connectivity index (χ1v) is 8.72. The average molecular weight is 303 g/mol. The third kappa shape index (κ3) is 2.21. The number of hydrogen-bond acceptors (Lipinski definition) is 4. The predicted molar refractivity (Wildman–Crippen MR) is 83.6 cm³/mol. The van der Waals surface area contributed by atoms with E-state index in [2.05, 4.69) is 15.0 Å². The van der Waals surface area contributed by atoms with Gasteiger partial charge in [0.2, 0.25) is 0 Å². The quantitative estimate of drug-likeness (QED) is 0.729. The molecule has 110 valence electrons. The van der Waals surface area contributed by atoms with E-state index < -0.39 is 9.93 Å². The normalized spacial score (nSPS) is 12.5. The topological polar surface area (TPSA) is 67.9 Å². The van der Waals surface area contributed by atoms with Crippen LogP contribution in [-0.4, -0.2) is 32.5 Å². The van der Waals surface area contributed by atoms with Crippen molar-refractivity contribution >= 4 is 21.0 Å². The highest BCUT2D eigenvalue weighted by atomic mass is 32.2. The van der Waals surface area contributed by atoms with Gasteiger partial charge in [-0.25, -0.2) is 9.97 Å². The molecule has 0 amide bonds. The van der Waals surface area contributed by atoms with Crippen LogP contribution in [0.1, 0.15) is 5.56 Å². The van der Waals surface area contributed by atoms with Crippen LogP contribution in [0.4, 0.5) is 0 Å². The van der Waals surface area contributed by atoms with Gasteiger partial charge in [-0.2, -0.15) is 0 Å². The third-order valence-corrected chi connectivity index (χ3v) is 5.81. The number of aromatic amines is 1. The zero-order valence-corrected chi connectivity index (χ0v) is 13.0. The average Bonchev–Trinajstić information content (AvgIpc) is 2.92. The van der Waals surface area contributed by atoms with Crippen molar-refractivity contribution < 1.29 is 8.95 Å². The van der Waals surface area contributed by atoms with Crippen LogP contribution < -0.4 is 4.74 Å². The molecule has 0 saturated carbocycles. The monoisotopic (exact) mass is 303 g/mol. The number of aromatic nitrogens is 3. The van der Waals surface area contributed by atoms with E-state index in [1.54, 1.807) is 25.6 Å². The molecular formula is C15H17N3O2S. The number of pyridine rings is 1. The SMILES string of the molecule is COc1ccnc([SH](C)(=O)c2nc3ccccc3[nH]2)c1C. The predicted octanol–water partition coefficient (Wildman–Crippen LogP) is 2.34. The Morgan fingerprint density at radius 1 is 1.24 bits per heavy atom. The lowest BCUT2D eigenvalue weighted by Gasteiger charge is -2.18. The molecule has 6 heteroatoms. The van der Waals surface area contributed by atoms with Crippen molar-refractivity contribution in [1.82, 2.24) is 15.0 Å². The number of imidazole rings is 1. The van der Waals surface area contributed by atoms with E-state index in [4.69, 9.17) is 4.74 Å². The highest BCUT2D eigenvalue weighted by Crippen LogP contribution is 2.30. The minimum absolute atomic E-state index is 0.465. The number of hydrogen-bond donors (Lipinski definition) is 2. The maximum absolute atomic E-state index is 13.3. The molecular weight excluding hydrogens is 286 g/mol. The number of H-pyrrole nitrogens is 1. The van der Waals surface area contributed by atoms with E-state index in [1.165, 1.54) is 0 Å². The molecule has 1 aromatic carbocycles. The second kappa shape index (κ2) is 4.96. The second-order valence-electron chi connectivity index (χ2n) is 4.96. The molecule has 0 atom stereocenters. The zero-order chi connectivity index (χ0) is 15.0. The molecule has 0 spiro atoms. The summed E-state index contributed by atoms with van der Waals surface area (Å²) in [4.78, 5) is 11.9. The summed E-state index contributed by atoms with van der Waals surface area (Å²) < 4.78 is 18.5. The molecule has 2 heterocycles. The second-order valence-corrected chi connectivity index (χ2v) is 7.66. The third-order valence-electron chi connectivity index (χ3n) is 3.53. The smallest absolute Gasteiger partial charge is 0.178 e. The van der Waals surface area contributed by atoms with Gasteiger partial charge in [-0.3, -0.25) is 4.21 Å². The Bertz CT molecular complexity index is 824. The molecule has 3 aromatic rings. The number of nitrogens with one attached hydrogen (secondary N) is 1. The van der Waals surface area contributed by atoms with E-state index in [0.717, 1.165) is 16.6 Å². The highest BCUT2D eigenvalue weighted by Gasteiger charge is 2.24. The molecule has 0 saturated heterocycles. The molecule has 0 aliphatic heterocycles. The summed E-state index contributed by atoms with van der Waals surface area (Å²) in [6, 6.07) is 9.39. The Morgan fingerprint density at radius 2 is 2.00 bits per heavy atom. The summed E-state index contributed by atoms with van der Waals surface area (Å²) in [6.07, 6.45) is 3.29. The minimum atomic E-state index is -2.91. The summed E-state index contributed by atoms with van der Waals surface area (Å²) in [6.45, 7) is 1.86. The fraction of sp³-hybridized carbons (Fsp3) is 0.200. The van der Waals surface area contributed by atoms with Crippen LogP contribution in [0.5, 0.6) is 5.75 Å². The molecule has 1 N–H and O–H groups in total. The van der Waals surface area contributed by atoms with Gasteiger partial charge in [0.1, 0.15) is 10.8 Å². The molecule has 3 rings (SSSR count). The summed E-state index contributed by atoms with van der Waals surface area (Å²) in [7, 11) is -1.31. The van der Waals surface area contributed by atoms with E-state index in [1.807, 2.05) is 31.2 Å². The molecule has 0 radical (unpaired) electrons. The van der Waals surface area contributed by atoms with Gasteiger partial charge in [-0.15, -0.1) is 0 Å². The van der Waals surface area contributed by atoms with Crippen LogP contribution in [0.3, 0.4) is 0 Å².